The van der Waals surface area contributed by atoms with Gasteiger partial charge in [-0.3, -0.25) is 9.69 Å². The van der Waals surface area contributed by atoms with Crippen molar-refractivity contribution in [1.29, 1.82) is 0 Å². The lowest BCUT2D eigenvalue weighted by atomic mass is 10.1. The molecule has 1 rings (SSSR count). The monoisotopic (exact) mass is 258 g/mol. The van der Waals surface area contributed by atoms with Crippen molar-refractivity contribution in [3.8, 4) is 0 Å². The van der Waals surface area contributed by atoms with Crippen LogP contribution in [0.1, 0.15) is 20.8 Å². The molecule has 0 radical (unpaired) electrons. The normalized spacial score (nSPS) is 20.9. The van der Waals surface area contributed by atoms with Crippen LogP contribution in [-0.2, 0) is 14.3 Å². The van der Waals surface area contributed by atoms with E-state index in [1.165, 1.54) is 11.9 Å². The van der Waals surface area contributed by atoms with Crippen molar-refractivity contribution in [3.05, 3.63) is 0 Å². The molecule has 1 saturated heterocycles. The van der Waals surface area contributed by atoms with E-state index in [0.29, 0.717) is 0 Å². The number of ether oxygens (including phenoxy) is 1. The second-order valence-electron chi connectivity index (χ2n) is 5.24. The Labute approximate surface area is 105 Å². The number of piperazine rings is 1. The van der Waals surface area contributed by atoms with Gasteiger partial charge >= 0.3 is 12.1 Å². The molecule has 0 saturated carbocycles. The SMILES string of the molecule is CN1C[C@H](C(=O)O)N(C(=O)OC(C)(C)C)CC1=O. The van der Waals surface area contributed by atoms with Crippen LogP contribution in [0.15, 0.2) is 0 Å². The molecule has 7 nitrogen and oxygen atoms in total. The van der Waals surface area contributed by atoms with Gasteiger partial charge in [-0.15, -0.1) is 0 Å². The zero-order valence-corrected chi connectivity index (χ0v) is 11.0. The lowest BCUT2D eigenvalue weighted by Gasteiger charge is -2.37. The van der Waals surface area contributed by atoms with Gasteiger partial charge in [0.2, 0.25) is 5.91 Å². The molecule has 0 aromatic carbocycles. The first-order valence-corrected chi connectivity index (χ1v) is 5.58. The van der Waals surface area contributed by atoms with Crippen molar-refractivity contribution in [2.24, 2.45) is 0 Å². The molecule has 0 spiro atoms. The summed E-state index contributed by atoms with van der Waals surface area (Å²) >= 11 is 0. The molecule has 0 aromatic heterocycles. The Morgan fingerprint density at radius 1 is 1.39 bits per heavy atom. The largest absolute Gasteiger partial charge is 0.480 e. The standard InChI is InChI=1S/C11H18N2O5/c1-11(2,3)18-10(17)13-6-8(14)12(4)5-7(13)9(15)16/h7H,5-6H2,1-4H3,(H,15,16)/t7-/m1/s1. The van der Waals surface area contributed by atoms with Crippen molar-refractivity contribution in [2.45, 2.75) is 32.4 Å². The molecule has 1 heterocycles. The Bertz CT molecular complexity index is 374. The fraction of sp³-hybridized carbons (Fsp3) is 0.727. The van der Waals surface area contributed by atoms with Crippen LogP contribution in [0.2, 0.25) is 0 Å². The van der Waals surface area contributed by atoms with E-state index in [1.54, 1.807) is 20.8 Å². The first-order valence-electron chi connectivity index (χ1n) is 5.58. The number of carboxylic acid groups (broad SMARTS) is 1. The van der Waals surface area contributed by atoms with Crippen LogP contribution in [0, 0.1) is 0 Å². The molecule has 0 aliphatic carbocycles. The number of nitrogens with zero attached hydrogens (tertiary/aromatic N) is 2. The summed E-state index contributed by atoms with van der Waals surface area (Å²) in [4.78, 5) is 36.7. The summed E-state index contributed by atoms with van der Waals surface area (Å²) in [6.07, 6.45) is -0.781. The molecule has 102 valence electrons. The lowest BCUT2D eigenvalue weighted by Crippen LogP contribution is -2.60. The van der Waals surface area contributed by atoms with Crippen LogP contribution in [-0.4, -0.2) is 64.7 Å². The average molecular weight is 258 g/mol. The average Bonchev–Trinajstić information content (AvgIpc) is 2.18. The topological polar surface area (TPSA) is 87.2 Å². The molecular formula is C11H18N2O5. The molecule has 0 aromatic rings. The fourth-order valence-electron chi connectivity index (χ4n) is 1.56. The van der Waals surface area contributed by atoms with Crippen molar-refractivity contribution >= 4 is 18.0 Å². The van der Waals surface area contributed by atoms with E-state index in [-0.39, 0.29) is 19.0 Å². The van der Waals surface area contributed by atoms with Crippen molar-refractivity contribution in [2.75, 3.05) is 20.1 Å². The van der Waals surface area contributed by atoms with E-state index < -0.39 is 23.7 Å². The summed E-state index contributed by atoms with van der Waals surface area (Å²) < 4.78 is 5.09. The molecule has 1 atom stereocenters. The zero-order valence-electron chi connectivity index (χ0n) is 11.0. The van der Waals surface area contributed by atoms with Gasteiger partial charge in [-0.25, -0.2) is 9.59 Å². The van der Waals surface area contributed by atoms with Crippen LogP contribution in [0.25, 0.3) is 0 Å². The van der Waals surface area contributed by atoms with Gasteiger partial charge in [-0.2, -0.15) is 0 Å². The lowest BCUT2D eigenvalue weighted by molar-refractivity contribution is -0.150. The molecule has 0 unspecified atom stereocenters. The second kappa shape index (κ2) is 4.83. The number of aliphatic carboxylic acids is 1. The number of hydrogen-bond donors (Lipinski definition) is 1. The maximum absolute atomic E-state index is 11.9. The van der Waals surface area contributed by atoms with Gasteiger partial charge in [0.15, 0.2) is 6.04 Å². The summed E-state index contributed by atoms with van der Waals surface area (Å²) in [5.41, 5.74) is -0.730. The predicted octanol–water partition coefficient (Wildman–Crippen LogP) is 0.149. The van der Waals surface area contributed by atoms with E-state index >= 15 is 0 Å². The highest BCUT2D eigenvalue weighted by Crippen LogP contribution is 2.15. The minimum absolute atomic E-state index is 0.0343. The first-order chi connectivity index (χ1) is 8.11. The van der Waals surface area contributed by atoms with E-state index in [1.807, 2.05) is 0 Å². The van der Waals surface area contributed by atoms with Gasteiger partial charge in [0.1, 0.15) is 12.1 Å². The van der Waals surface area contributed by atoms with E-state index in [4.69, 9.17) is 9.84 Å². The second-order valence-corrected chi connectivity index (χ2v) is 5.24. The Hall–Kier alpha value is -1.79. The Morgan fingerprint density at radius 2 is 1.94 bits per heavy atom. The quantitative estimate of drug-likeness (QED) is 0.723. The van der Waals surface area contributed by atoms with Gasteiger partial charge in [0.05, 0.1) is 6.54 Å². The van der Waals surface area contributed by atoms with Gasteiger partial charge in [0, 0.05) is 7.05 Å². The summed E-state index contributed by atoms with van der Waals surface area (Å²) in [6, 6.07) is -1.07. The number of carbonyl (C=O) groups excluding carboxylic acids is 2. The highest BCUT2D eigenvalue weighted by atomic mass is 16.6. The third-order valence-electron chi connectivity index (χ3n) is 2.47. The first kappa shape index (κ1) is 14.3. The molecule has 0 bridgehead atoms. The highest BCUT2D eigenvalue weighted by Gasteiger charge is 2.39. The van der Waals surface area contributed by atoms with Crippen molar-refractivity contribution < 1.29 is 24.2 Å². The molecule has 1 fully saturated rings. The van der Waals surface area contributed by atoms with Gasteiger partial charge < -0.3 is 14.7 Å². The van der Waals surface area contributed by atoms with Crippen LogP contribution >= 0.6 is 0 Å². The van der Waals surface area contributed by atoms with E-state index in [0.717, 1.165) is 4.90 Å². The Balaban J connectivity index is 2.86. The van der Waals surface area contributed by atoms with Crippen molar-refractivity contribution in [1.82, 2.24) is 9.80 Å². The van der Waals surface area contributed by atoms with Crippen LogP contribution in [0.3, 0.4) is 0 Å². The maximum atomic E-state index is 11.9. The number of carbonyl (C=O) groups is 3. The summed E-state index contributed by atoms with van der Waals surface area (Å²) in [5.74, 6) is -1.46. The van der Waals surface area contributed by atoms with Crippen LogP contribution < -0.4 is 0 Å². The molecule has 1 aliphatic rings. The fourth-order valence-corrected chi connectivity index (χ4v) is 1.56. The number of rotatable bonds is 1. The number of likely N-dealkylation sites (N-methyl/N-ethyl adjacent to an activating group) is 1. The summed E-state index contributed by atoms with van der Waals surface area (Å²) in [7, 11) is 1.50. The minimum atomic E-state index is -1.15. The van der Waals surface area contributed by atoms with E-state index in [9.17, 15) is 14.4 Å². The molecule has 2 amide bonds. The van der Waals surface area contributed by atoms with Gasteiger partial charge in [-0.05, 0) is 20.8 Å². The molecule has 18 heavy (non-hydrogen) atoms. The maximum Gasteiger partial charge on any atom is 0.411 e. The van der Waals surface area contributed by atoms with Crippen LogP contribution in [0.4, 0.5) is 4.79 Å². The number of amides is 2. The minimum Gasteiger partial charge on any atom is -0.480 e. The van der Waals surface area contributed by atoms with Gasteiger partial charge in [-0.1, -0.05) is 0 Å². The third kappa shape index (κ3) is 3.35. The number of hydrogen-bond acceptors (Lipinski definition) is 4. The third-order valence-corrected chi connectivity index (χ3v) is 2.47. The Kier molecular flexibility index (Phi) is 3.83. The van der Waals surface area contributed by atoms with Crippen molar-refractivity contribution in [3.63, 3.8) is 0 Å². The zero-order chi connectivity index (χ0) is 14.1. The van der Waals surface area contributed by atoms with E-state index in [2.05, 4.69) is 0 Å². The molecule has 7 heteroatoms. The smallest absolute Gasteiger partial charge is 0.411 e. The summed E-state index contributed by atoms with van der Waals surface area (Å²) in [5, 5.41) is 9.07. The highest BCUT2D eigenvalue weighted by molar-refractivity contribution is 5.89. The predicted molar refractivity (Wildman–Crippen MR) is 62.0 cm³/mol. The Morgan fingerprint density at radius 3 is 2.39 bits per heavy atom. The van der Waals surface area contributed by atoms with Crippen LogP contribution in [0.5, 0.6) is 0 Å². The summed E-state index contributed by atoms with van der Waals surface area (Å²) in [6.45, 7) is 4.73. The molecule has 1 aliphatic heterocycles. The molecular weight excluding hydrogens is 240 g/mol. The van der Waals surface area contributed by atoms with Gasteiger partial charge in [0.25, 0.3) is 0 Å². The number of carboxylic acids is 1. The molecule has 1 N–H and O–H groups in total.